The van der Waals surface area contributed by atoms with Crippen molar-refractivity contribution in [2.45, 2.75) is 12.5 Å². The summed E-state index contributed by atoms with van der Waals surface area (Å²) in [7, 11) is 0. The van der Waals surface area contributed by atoms with Crippen LogP contribution in [0, 0.1) is 0 Å². The number of likely N-dealkylation sites (tertiary alicyclic amines) is 1. The fourth-order valence-corrected chi connectivity index (χ4v) is 4.27. The van der Waals surface area contributed by atoms with Crippen LogP contribution >= 0.6 is 23.9 Å². The van der Waals surface area contributed by atoms with E-state index in [2.05, 4.69) is 14.6 Å². The molecule has 7 heteroatoms. The number of aromatic nitrogens is 1. The van der Waals surface area contributed by atoms with Crippen LogP contribution < -0.4 is 5.32 Å². The Morgan fingerprint density at radius 3 is 2.68 bits per heavy atom. The molecule has 1 atom stereocenters. The van der Waals surface area contributed by atoms with E-state index in [1.54, 1.807) is 0 Å². The molecule has 3 heterocycles. The van der Waals surface area contributed by atoms with E-state index in [9.17, 15) is 4.79 Å². The maximum absolute atomic E-state index is 12.8. The van der Waals surface area contributed by atoms with Crippen molar-refractivity contribution in [3.8, 4) is 11.3 Å². The molecule has 134 valence electrons. The number of carbonyl (C=O) groups is 1. The molecule has 4 rings (SSSR count). The molecule has 2 saturated heterocycles. The minimum atomic E-state index is 0. The molecule has 0 aliphatic carbocycles. The van der Waals surface area contributed by atoms with Crippen LogP contribution in [0.1, 0.15) is 16.1 Å². The summed E-state index contributed by atoms with van der Waals surface area (Å²) in [5.41, 5.74) is 1.95. The van der Waals surface area contributed by atoms with Gasteiger partial charge < -0.3 is 10.2 Å². The number of halogens is 1. The zero-order valence-corrected chi connectivity index (χ0v) is 15.7. The number of piperazine rings is 1. The van der Waals surface area contributed by atoms with Crippen molar-refractivity contribution in [3.63, 3.8) is 0 Å². The van der Waals surface area contributed by atoms with E-state index in [0.717, 1.165) is 61.8 Å². The van der Waals surface area contributed by atoms with Crippen molar-refractivity contribution in [1.82, 2.24) is 19.5 Å². The van der Waals surface area contributed by atoms with Crippen molar-refractivity contribution in [1.29, 1.82) is 0 Å². The van der Waals surface area contributed by atoms with Gasteiger partial charge in [0.1, 0.15) is 4.88 Å². The van der Waals surface area contributed by atoms with Gasteiger partial charge in [-0.15, -0.1) is 12.4 Å². The van der Waals surface area contributed by atoms with Crippen LogP contribution in [0.3, 0.4) is 0 Å². The number of carbonyl (C=O) groups excluding carboxylic acids is 1. The van der Waals surface area contributed by atoms with E-state index in [1.807, 2.05) is 41.3 Å². The summed E-state index contributed by atoms with van der Waals surface area (Å²) in [6.07, 6.45) is 1.08. The summed E-state index contributed by atoms with van der Waals surface area (Å²) in [5, 5.41) is 3.39. The molecule has 25 heavy (non-hydrogen) atoms. The molecule has 1 N–H and O–H groups in total. The first kappa shape index (κ1) is 18.3. The predicted octanol–water partition coefficient (Wildman–Crippen LogP) is 2.35. The quantitative estimate of drug-likeness (QED) is 0.890. The summed E-state index contributed by atoms with van der Waals surface area (Å²) in [5.74, 6) is 0.132. The number of rotatable bonds is 3. The Bertz CT molecular complexity index is 702. The van der Waals surface area contributed by atoms with E-state index in [0.29, 0.717) is 6.04 Å². The molecule has 2 aliphatic heterocycles. The fraction of sp³-hybridized carbons (Fsp3) is 0.444. The minimum Gasteiger partial charge on any atom is -0.336 e. The molecule has 2 aliphatic rings. The molecule has 0 bridgehead atoms. The van der Waals surface area contributed by atoms with Gasteiger partial charge in [-0.1, -0.05) is 30.3 Å². The first-order chi connectivity index (χ1) is 11.8. The number of hydrogen-bond donors (Lipinski definition) is 1. The molecule has 1 amide bonds. The second-order valence-corrected chi connectivity index (χ2v) is 7.23. The molecule has 1 aromatic carbocycles. The summed E-state index contributed by atoms with van der Waals surface area (Å²) >= 11 is 1.31. The third-order valence-electron chi connectivity index (χ3n) is 4.91. The number of benzene rings is 1. The zero-order valence-electron chi connectivity index (χ0n) is 14.1. The SMILES string of the molecule is Cl.O=C(c1cc(-c2ccccc2)ns1)N1CCC(N2CCNCC2)C1. The molecule has 2 aromatic rings. The molecule has 5 nitrogen and oxygen atoms in total. The largest absolute Gasteiger partial charge is 0.336 e. The van der Waals surface area contributed by atoms with E-state index in [4.69, 9.17) is 0 Å². The zero-order chi connectivity index (χ0) is 16.4. The monoisotopic (exact) mass is 378 g/mol. The van der Waals surface area contributed by atoms with Gasteiger partial charge in [0, 0.05) is 50.9 Å². The van der Waals surface area contributed by atoms with Crippen LogP contribution in [0.5, 0.6) is 0 Å². The first-order valence-electron chi connectivity index (χ1n) is 8.57. The summed E-state index contributed by atoms with van der Waals surface area (Å²) in [6, 6.07) is 12.5. The highest BCUT2D eigenvalue weighted by Gasteiger charge is 2.32. The predicted molar refractivity (Wildman–Crippen MR) is 104 cm³/mol. The lowest BCUT2D eigenvalue weighted by Gasteiger charge is -2.32. The van der Waals surface area contributed by atoms with Crippen LogP contribution in [0.2, 0.25) is 0 Å². The van der Waals surface area contributed by atoms with E-state index >= 15 is 0 Å². The smallest absolute Gasteiger partial charge is 0.265 e. The third kappa shape index (κ3) is 4.03. The lowest BCUT2D eigenvalue weighted by Crippen LogP contribution is -2.49. The van der Waals surface area contributed by atoms with Crippen LogP contribution in [0.25, 0.3) is 11.3 Å². The Labute approximate surface area is 158 Å². The molecule has 1 unspecified atom stereocenters. The number of nitrogens with one attached hydrogen (secondary N) is 1. The van der Waals surface area contributed by atoms with Gasteiger partial charge in [-0.3, -0.25) is 9.69 Å². The molecule has 0 saturated carbocycles. The van der Waals surface area contributed by atoms with E-state index in [1.165, 1.54) is 11.5 Å². The number of hydrogen-bond acceptors (Lipinski definition) is 5. The van der Waals surface area contributed by atoms with Gasteiger partial charge in [0.2, 0.25) is 0 Å². The normalized spacial score (nSPS) is 21.1. The van der Waals surface area contributed by atoms with Gasteiger partial charge >= 0.3 is 0 Å². The van der Waals surface area contributed by atoms with Crippen molar-refractivity contribution >= 4 is 29.8 Å². The highest BCUT2D eigenvalue weighted by molar-refractivity contribution is 7.08. The Balaban J connectivity index is 0.00000182. The summed E-state index contributed by atoms with van der Waals surface area (Å²) < 4.78 is 4.46. The van der Waals surface area contributed by atoms with E-state index < -0.39 is 0 Å². The van der Waals surface area contributed by atoms with Gasteiger partial charge in [-0.2, -0.15) is 4.37 Å². The van der Waals surface area contributed by atoms with Gasteiger partial charge in [-0.05, 0) is 24.0 Å². The average Bonchev–Trinajstić information content (AvgIpc) is 3.33. The standard InChI is InChI=1S/C18H22N4OS.ClH/c23-18(17-12-16(20-24-17)14-4-2-1-3-5-14)22-9-6-15(13-22)21-10-7-19-8-11-21;/h1-5,12,15,19H,6-11,13H2;1H. The van der Waals surface area contributed by atoms with Crippen LogP contribution in [-0.2, 0) is 0 Å². The Kier molecular flexibility index (Phi) is 6.06. The Morgan fingerprint density at radius 2 is 1.92 bits per heavy atom. The molecule has 2 fully saturated rings. The highest BCUT2D eigenvalue weighted by Crippen LogP contribution is 2.25. The Hall–Kier alpha value is -1.47. The van der Waals surface area contributed by atoms with Gasteiger partial charge in [0.15, 0.2) is 0 Å². The summed E-state index contributed by atoms with van der Waals surface area (Å²) in [6.45, 7) is 5.99. The van der Waals surface area contributed by atoms with Gasteiger partial charge in [-0.25, -0.2) is 0 Å². The molecular formula is C18H23ClN4OS. The van der Waals surface area contributed by atoms with Crippen molar-refractivity contribution in [2.24, 2.45) is 0 Å². The molecular weight excluding hydrogens is 356 g/mol. The average molecular weight is 379 g/mol. The lowest BCUT2D eigenvalue weighted by molar-refractivity contribution is 0.0778. The minimum absolute atomic E-state index is 0. The third-order valence-corrected chi connectivity index (χ3v) is 5.69. The number of nitrogens with zero attached hydrogens (tertiary/aromatic N) is 3. The van der Waals surface area contributed by atoms with Crippen LogP contribution in [-0.4, -0.2) is 65.4 Å². The maximum atomic E-state index is 12.8. The van der Waals surface area contributed by atoms with Gasteiger partial charge in [0.05, 0.1) is 5.69 Å². The highest BCUT2D eigenvalue weighted by atomic mass is 35.5. The van der Waals surface area contributed by atoms with Gasteiger partial charge in [0.25, 0.3) is 5.91 Å². The van der Waals surface area contributed by atoms with Crippen molar-refractivity contribution in [2.75, 3.05) is 39.3 Å². The second kappa shape index (κ2) is 8.27. The lowest BCUT2D eigenvalue weighted by atomic mass is 10.1. The van der Waals surface area contributed by atoms with Crippen LogP contribution in [0.15, 0.2) is 36.4 Å². The van der Waals surface area contributed by atoms with E-state index in [-0.39, 0.29) is 18.3 Å². The fourth-order valence-electron chi connectivity index (χ4n) is 3.55. The summed E-state index contributed by atoms with van der Waals surface area (Å²) in [4.78, 5) is 18.0. The van der Waals surface area contributed by atoms with Crippen molar-refractivity contribution in [3.05, 3.63) is 41.3 Å². The molecule has 1 aromatic heterocycles. The van der Waals surface area contributed by atoms with Crippen molar-refractivity contribution < 1.29 is 4.79 Å². The molecule has 0 radical (unpaired) electrons. The maximum Gasteiger partial charge on any atom is 0.265 e. The topological polar surface area (TPSA) is 48.5 Å². The first-order valence-corrected chi connectivity index (χ1v) is 9.35. The molecule has 0 spiro atoms. The number of amides is 1. The second-order valence-electron chi connectivity index (χ2n) is 6.42. The Morgan fingerprint density at radius 1 is 1.16 bits per heavy atom. The van der Waals surface area contributed by atoms with Crippen LogP contribution in [0.4, 0.5) is 0 Å².